The van der Waals surface area contributed by atoms with E-state index in [1.165, 1.54) is 52.0 Å². The topological polar surface area (TPSA) is 65.5 Å². The van der Waals surface area contributed by atoms with Crippen LogP contribution in [0.15, 0.2) is 24.3 Å². The summed E-state index contributed by atoms with van der Waals surface area (Å²) in [7, 11) is 0. The second kappa shape index (κ2) is 11.9. The third-order valence-corrected chi connectivity index (χ3v) is 4.76. The molecule has 1 saturated heterocycles. The van der Waals surface area contributed by atoms with E-state index < -0.39 is 0 Å². The average Bonchev–Trinajstić information content (AvgIpc) is 2.66. The van der Waals surface area contributed by atoms with E-state index in [2.05, 4.69) is 15.9 Å². The van der Waals surface area contributed by atoms with Gasteiger partial charge in [0.25, 0.3) is 0 Å². The van der Waals surface area contributed by atoms with Crippen molar-refractivity contribution in [3.63, 3.8) is 0 Å². The third-order valence-electron chi connectivity index (χ3n) is 4.76. The standard InChI is InChI=1S/C20H32N4O/c21-10-3-1-2-4-11-23-13-15-24(16-14-23)12-5-17-25-20-8-6-19(18-22)7-9-20/h6-9H,1-5,10-17,21H2. The molecule has 2 rings (SSSR count). The maximum Gasteiger partial charge on any atom is 0.119 e. The number of benzene rings is 1. The van der Waals surface area contributed by atoms with Gasteiger partial charge < -0.3 is 20.3 Å². The summed E-state index contributed by atoms with van der Waals surface area (Å²) in [6, 6.07) is 9.44. The van der Waals surface area contributed by atoms with Crippen molar-refractivity contribution in [1.82, 2.24) is 9.80 Å². The van der Waals surface area contributed by atoms with Gasteiger partial charge in [0.15, 0.2) is 0 Å². The van der Waals surface area contributed by atoms with Crippen molar-refractivity contribution in [2.75, 3.05) is 52.4 Å². The van der Waals surface area contributed by atoms with Crippen LogP contribution in [-0.2, 0) is 0 Å². The van der Waals surface area contributed by atoms with Crippen LogP contribution >= 0.6 is 0 Å². The van der Waals surface area contributed by atoms with Crippen LogP contribution in [0.1, 0.15) is 37.7 Å². The van der Waals surface area contributed by atoms with Crippen LogP contribution in [0, 0.1) is 11.3 Å². The Balaban J connectivity index is 1.50. The van der Waals surface area contributed by atoms with Crippen molar-refractivity contribution in [3.8, 4) is 11.8 Å². The van der Waals surface area contributed by atoms with E-state index in [0.29, 0.717) is 5.56 Å². The monoisotopic (exact) mass is 344 g/mol. The summed E-state index contributed by atoms with van der Waals surface area (Å²) in [5.41, 5.74) is 6.20. The van der Waals surface area contributed by atoms with Crippen molar-refractivity contribution in [1.29, 1.82) is 5.26 Å². The van der Waals surface area contributed by atoms with Gasteiger partial charge in [0.1, 0.15) is 5.75 Å². The van der Waals surface area contributed by atoms with Gasteiger partial charge in [-0.3, -0.25) is 0 Å². The molecule has 0 spiro atoms. The molecular weight excluding hydrogens is 312 g/mol. The second-order valence-electron chi connectivity index (χ2n) is 6.72. The SMILES string of the molecule is N#Cc1ccc(OCCCN2CCN(CCCCCCN)CC2)cc1. The highest BCUT2D eigenvalue weighted by Gasteiger charge is 2.15. The first-order chi connectivity index (χ1) is 12.3. The number of hydrogen-bond donors (Lipinski definition) is 1. The molecular formula is C20H32N4O. The van der Waals surface area contributed by atoms with Gasteiger partial charge in [-0.1, -0.05) is 12.8 Å². The number of hydrogen-bond acceptors (Lipinski definition) is 5. The number of piperazine rings is 1. The van der Waals surface area contributed by atoms with Crippen molar-refractivity contribution < 1.29 is 4.74 Å². The van der Waals surface area contributed by atoms with Crippen molar-refractivity contribution in [2.24, 2.45) is 5.73 Å². The van der Waals surface area contributed by atoms with E-state index in [4.69, 9.17) is 15.7 Å². The molecule has 0 radical (unpaired) electrons. The van der Waals surface area contributed by atoms with E-state index in [0.717, 1.165) is 38.3 Å². The Kier molecular flexibility index (Phi) is 9.35. The molecule has 1 aromatic rings. The van der Waals surface area contributed by atoms with Gasteiger partial charge in [-0.05, 0) is 56.6 Å². The van der Waals surface area contributed by atoms with Gasteiger partial charge in [0.05, 0.1) is 18.2 Å². The summed E-state index contributed by atoms with van der Waals surface area (Å²) in [4.78, 5) is 5.12. The van der Waals surface area contributed by atoms with Crippen LogP contribution in [0.3, 0.4) is 0 Å². The first-order valence-electron chi connectivity index (χ1n) is 9.59. The molecule has 2 N–H and O–H groups in total. The Morgan fingerprint density at radius 3 is 2.08 bits per heavy atom. The van der Waals surface area contributed by atoms with Gasteiger partial charge in [-0.15, -0.1) is 0 Å². The number of nitriles is 1. The predicted octanol–water partition coefficient (Wildman–Crippen LogP) is 2.46. The smallest absolute Gasteiger partial charge is 0.119 e. The maximum absolute atomic E-state index is 8.78. The fourth-order valence-electron chi connectivity index (χ4n) is 3.17. The minimum absolute atomic E-state index is 0.671. The molecule has 1 aliphatic heterocycles. The Morgan fingerprint density at radius 1 is 0.880 bits per heavy atom. The first-order valence-corrected chi connectivity index (χ1v) is 9.59. The number of unbranched alkanes of at least 4 members (excludes halogenated alkanes) is 3. The molecule has 0 aromatic heterocycles. The highest BCUT2D eigenvalue weighted by atomic mass is 16.5. The highest BCUT2D eigenvalue weighted by molar-refractivity contribution is 5.34. The summed E-state index contributed by atoms with van der Waals surface area (Å²) < 4.78 is 5.75. The van der Waals surface area contributed by atoms with Crippen molar-refractivity contribution >= 4 is 0 Å². The Morgan fingerprint density at radius 2 is 1.48 bits per heavy atom. The fourth-order valence-corrected chi connectivity index (χ4v) is 3.17. The van der Waals surface area contributed by atoms with Crippen LogP contribution < -0.4 is 10.5 Å². The molecule has 0 amide bonds. The predicted molar refractivity (Wildman–Crippen MR) is 102 cm³/mol. The van der Waals surface area contributed by atoms with Gasteiger partial charge in [-0.2, -0.15) is 5.26 Å². The van der Waals surface area contributed by atoms with Gasteiger partial charge in [0, 0.05) is 32.7 Å². The molecule has 1 fully saturated rings. The van der Waals surface area contributed by atoms with E-state index in [9.17, 15) is 0 Å². The Hall–Kier alpha value is -1.61. The lowest BCUT2D eigenvalue weighted by Gasteiger charge is -2.34. The summed E-state index contributed by atoms with van der Waals surface area (Å²) in [5.74, 6) is 0.846. The minimum Gasteiger partial charge on any atom is -0.494 e. The Labute approximate surface area is 152 Å². The number of nitrogens with two attached hydrogens (primary N) is 1. The maximum atomic E-state index is 8.78. The third kappa shape index (κ3) is 7.87. The Bertz CT molecular complexity index is 503. The normalized spacial score (nSPS) is 15.8. The molecule has 0 saturated carbocycles. The molecule has 25 heavy (non-hydrogen) atoms. The molecule has 5 heteroatoms. The van der Waals surface area contributed by atoms with E-state index in [1.807, 2.05) is 12.1 Å². The molecule has 1 aromatic carbocycles. The summed E-state index contributed by atoms with van der Waals surface area (Å²) in [6.07, 6.45) is 6.09. The van der Waals surface area contributed by atoms with Crippen molar-refractivity contribution in [2.45, 2.75) is 32.1 Å². The molecule has 0 aliphatic carbocycles. The van der Waals surface area contributed by atoms with Gasteiger partial charge in [-0.25, -0.2) is 0 Å². The van der Waals surface area contributed by atoms with Crippen LogP contribution in [0.4, 0.5) is 0 Å². The van der Waals surface area contributed by atoms with Gasteiger partial charge in [0.2, 0.25) is 0 Å². The quantitative estimate of drug-likeness (QED) is 0.625. The lowest BCUT2D eigenvalue weighted by molar-refractivity contribution is 0.124. The fraction of sp³-hybridized carbons (Fsp3) is 0.650. The number of nitrogens with zero attached hydrogens (tertiary/aromatic N) is 3. The zero-order valence-corrected chi connectivity index (χ0v) is 15.3. The van der Waals surface area contributed by atoms with E-state index in [-0.39, 0.29) is 0 Å². The van der Waals surface area contributed by atoms with Crippen LogP contribution in [0.25, 0.3) is 0 Å². The number of rotatable bonds is 11. The van der Waals surface area contributed by atoms with Crippen LogP contribution in [0.5, 0.6) is 5.75 Å². The summed E-state index contributed by atoms with van der Waals surface area (Å²) in [6.45, 7) is 8.60. The molecule has 0 atom stereocenters. The van der Waals surface area contributed by atoms with Crippen LogP contribution in [0.2, 0.25) is 0 Å². The largest absolute Gasteiger partial charge is 0.494 e. The lowest BCUT2D eigenvalue weighted by atomic mass is 10.2. The van der Waals surface area contributed by atoms with Crippen LogP contribution in [-0.4, -0.2) is 62.2 Å². The number of ether oxygens (including phenoxy) is 1. The molecule has 0 bridgehead atoms. The molecule has 1 aliphatic rings. The lowest BCUT2D eigenvalue weighted by Crippen LogP contribution is -2.46. The van der Waals surface area contributed by atoms with Crippen molar-refractivity contribution in [3.05, 3.63) is 29.8 Å². The molecule has 5 nitrogen and oxygen atoms in total. The molecule has 0 unspecified atom stereocenters. The van der Waals surface area contributed by atoms with E-state index >= 15 is 0 Å². The second-order valence-corrected chi connectivity index (χ2v) is 6.72. The summed E-state index contributed by atoms with van der Waals surface area (Å²) >= 11 is 0. The molecule has 1 heterocycles. The first kappa shape index (κ1) is 19.7. The zero-order valence-electron chi connectivity index (χ0n) is 15.3. The highest BCUT2D eigenvalue weighted by Crippen LogP contribution is 2.12. The van der Waals surface area contributed by atoms with Gasteiger partial charge >= 0.3 is 0 Å². The molecule has 138 valence electrons. The minimum atomic E-state index is 0.671. The average molecular weight is 345 g/mol. The zero-order chi connectivity index (χ0) is 17.7. The van der Waals surface area contributed by atoms with E-state index in [1.54, 1.807) is 12.1 Å². The summed E-state index contributed by atoms with van der Waals surface area (Å²) in [5, 5.41) is 8.78.